The molecule has 0 aliphatic carbocycles. The Morgan fingerprint density at radius 1 is 1.41 bits per heavy atom. The summed E-state index contributed by atoms with van der Waals surface area (Å²) in [6, 6.07) is 3.11. The van der Waals surface area contributed by atoms with E-state index >= 15 is 0 Å². The van der Waals surface area contributed by atoms with E-state index in [2.05, 4.69) is 0 Å². The van der Waals surface area contributed by atoms with Gasteiger partial charge in [-0.3, -0.25) is 19.3 Å². The number of likely N-dealkylation sites (tertiary alicyclic amines) is 1. The number of imide groups is 1. The van der Waals surface area contributed by atoms with Crippen molar-refractivity contribution >= 4 is 17.6 Å². The highest BCUT2D eigenvalue weighted by Gasteiger charge is 2.32. The number of Topliss-reactive ketones (excluding diaryl/α,β-unsaturated/α-hetero) is 1. The van der Waals surface area contributed by atoms with Crippen molar-refractivity contribution < 1.29 is 18.8 Å². The maximum absolute atomic E-state index is 11.7. The van der Waals surface area contributed by atoms with E-state index in [1.807, 2.05) is 6.92 Å². The highest BCUT2D eigenvalue weighted by molar-refractivity contribution is 6.04. The van der Waals surface area contributed by atoms with Gasteiger partial charge in [0.05, 0.1) is 12.8 Å². The lowest BCUT2D eigenvalue weighted by atomic mass is 9.97. The first-order valence-electron chi connectivity index (χ1n) is 5.48. The predicted molar refractivity (Wildman–Crippen MR) is 58.2 cm³/mol. The molecule has 1 fully saturated rings. The van der Waals surface area contributed by atoms with Gasteiger partial charge in [-0.05, 0) is 18.1 Å². The standard InChI is InChI=1S/C12H13NO4/c1-8-5-11(15)13(12(16)6-8)7-9(14)10-3-2-4-17-10/h2-4,8H,5-7H2,1H3. The van der Waals surface area contributed by atoms with E-state index < -0.39 is 0 Å². The molecule has 1 aromatic heterocycles. The van der Waals surface area contributed by atoms with E-state index in [1.54, 1.807) is 6.07 Å². The fourth-order valence-electron chi connectivity index (χ4n) is 1.86. The molecule has 0 bridgehead atoms. The number of amides is 2. The molecule has 0 saturated carbocycles. The third-order valence-corrected chi connectivity index (χ3v) is 2.75. The molecule has 0 aromatic carbocycles. The molecule has 17 heavy (non-hydrogen) atoms. The van der Waals surface area contributed by atoms with E-state index in [9.17, 15) is 14.4 Å². The molecule has 0 radical (unpaired) electrons. The van der Waals surface area contributed by atoms with Crippen LogP contribution in [-0.2, 0) is 9.59 Å². The maximum atomic E-state index is 11.7. The molecular weight excluding hydrogens is 222 g/mol. The molecule has 5 heteroatoms. The van der Waals surface area contributed by atoms with Crippen molar-refractivity contribution in [1.82, 2.24) is 4.90 Å². The van der Waals surface area contributed by atoms with E-state index in [0.717, 1.165) is 4.90 Å². The van der Waals surface area contributed by atoms with Crippen molar-refractivity contribution in [2.75, 3.05) is 6.54 Å². The van der Waals surface area contributed by atoms with Crippen molar-refractivity contribution in [2.24, 2.45) is 5.92 Å². The lowest BCUT2D eigenvalue weighted by Gasteiger charge is -2.27. The maximum Gasteiger partial charge on any atom is 0.229 e. The van der Waals surface area contributed by atoms with Crippen molar-refractivity contribution in [2.45, 2.75) is 19.8 Å². The zero-order valence-corrected chi connectivity index (χ0v) is 9.51. The predicted octanol–water partition coefficient (Wildman–Crippen LogP) is 1.25. The number of piperidine rings is 1. The average molecular weight is 235 g/mol. The van der Waals surface area contributed by atoms with Crippen LogP contribution >= 0.6 is 0 Å². The largest absolute Gasteiger partial charge is 0.461 e. The smallest absolute Gasteiger partial charge is 0.229 e. The molecule has 90 valence electrons. The summed E-state index contributed by atoms with van der Waals surface area (Å²) >= 11 is 0. The second kappa shape index (κ2) is 4.53. The van der Waals surface area contributed by atoms with Gasteiger partial charge in [0, 0.05) is 12.8 Å². The van der Waals surface area contributed by atoms with Crippen LogP contribution in [0, 0.1) is 5.92 Å². The minimum absolute atomic E-state index is 0.0602. The zero-order chi connectivity index (χ0) is 12.4. The Balaban J connectivity index is 2.06. The van der Waals surface area contributed by atoms with Gasteiger partial charge in [0.15, 0.2) is 5.76 Å². The Kier molecular flexibility index (Phi) is 3.08. The number of hydrogen-bond acceptors (Lipinski definition) is 4. The van der Waals surface area contributed by atoms with Crippen molar-refractivity contribution in [3.8, 4) is 0 Å². The number of carbonyl (C=O) groups excluding carboxylic acids is 3. The lowest BCUT2D eigenvalue weighted by molar-refractivity contribution is -0.149. The van der Waals surface area contributed by atoms with Crippen LogP contribution < -0.4 is 0 Å². The summed E-state index contributed by atoms with van der Waals surface area (Å²) in [5, 5.41) is 0. The Hall–Kier alpha value is -1.91. The molecule has 2 heterocycles. The van der Waals surface area contributed by atoms with Gasteiger partial charge in [0.25, 0.3) is 0 Å². The van der Waals surface area contributed by atoms with Crippen LogP contribution in [0.15, 0.2) is 22.8 Å². The fourth-order valence-corrected chi connectivity index (χ4v) is 1.86. The summed E-state index contributed by atoms with van der Waals surface area (Å²) in [5.41, 5.74) is 0. The molecule has 0 N–H and O–H groups in total. The quantitative estimate of drug-likeness (QED) is 0.584. The summed E-state index contributed by atoms with van der Waals surface area (Å²) < 4.78 is 4.93. The molecule has 0 unspecified atom stereocenters. The van der Waals surface area contributed by atoms with Gasteiger partial charge in [0.2, 0.25) is 17.6 Å². The van der Waals surface area contributed by atoms with Crippen LogP contribution in [0.25, 0.3) is 0 Å². The van der Waals surface area contributed by atoms with Crippen LogP contribution in [0.4, 0.5) is 0 Å². The summed E-state index contributed by atoms with van der Waals surface area (Å²) in [4.78, 5) is 36.0. The zero-order valence-electron chi connectivity index (χ0n) is 9.51. The molecule has 2 amide bonds. The summed E-state index contributed by atoms with van der Waals surface area (Å²) in [6.07, 6.45) is 2.02. The van der Waals surface area contributed by atoms with Gasteiger partial charge in [-0.25, -0.2) is 0 Å². The van der Waals surface area contributed by atoms with Gasteiger partial charge < -0.3 is 4.42 Å². The topological polar surface area (TPSA) is 67.6 Å². The van der Waals surface area contributed by atoms with E-state index in [0.29, 0.717) is 12.8 Å². The van der Waals surface area contributed by atoms with Gasteiger partial charge in [0.1, 0.15) is 0 Å². The Morgan fingerprint density at radius 2 is 2.06 bits per heavy atom. The first-order valence-corrected chi connectivity index (χ1v) is 5.48. The molecule has 1 aliphatic rings. The first-order chi connectivity index (χ1) is 8.08. The van der Waals surface area contributed by atoms with Crippen LogP contribution in [0.1, 0.15) is 30.3 Å². The summed E-state index contributed by atoms with van der Waals surface area (Å²) in [7, 11) is 0. The third kappa shape index (κ3) is 2.43. The summed E-state index contributed by atoms with van der Waals surface area (Å²) in [5.74, 6) is -0.692. The molecule has 0 atom stereocenters. The Bertz CT molecular complexity index is 431. The molecular formula is C12H13NO4. The Labute approximate surface area is 98.4 Å². The van der Waals surface area contributed by atoms with Crippen LogP contribution in [0.3, 0.4) is 0 Å². The molecule has 2 rings (SSSR count). The minimum atomic E-state index is -0.355. The number of carbonyl (C=O) groups is 3. The van der Waals surface area contributed by atoms with Crippen molar-refractivity contribution in [1.29, 1.82) is 0 Å². The number of rotatable bonds is 3. The number of furan rings is 1. The van der Waals surface area contributed by atoms with Crippen molar-refractivity contribution in [3.63, 3.8) is 0 Å². The van der Waals surface area contributed by atoms with Gasteiger partial charge >= 0.3 is 0 Å². The molecule has 1 saturated heterocycles. The average Bonchev–Trinajstić information content (AvgIpc) is 2.76. The second-order valence-corrected chi connectivity index (χ2v) is 4.29. The van der Waals surface area contributed by atoms with Crippen LogP contribution in [-0.4, -0.2) is 29.0 Å². The highest BCUT2D eigenvalue weighted by Crippen LogP contribution is 2.19. The third-order valence-electron chi connectivity index (χ3n) is 2.75. The molecule has 1 aliphatic heterocycles. The highest BCUT2D eigenvalue weighted by atomic mass is 16.3. The Morgan fingerprint density at radius 3 is 2.59 bits per heavy atom. The van der Waals surface area contributed by atoms with Gasteiger partial charge in [-0.1, -0.05) is 6.92 Å². The van der Waals surface area contributed by atoms with Gasteiger partial charge in [-0.2, -0.15) is 0 Å². The number of nitrogens with zero attached hydrogens (tertiary/aromatic N) is 1. The number of ketones is 1. The van der Waals surface area contributed by atoms with Crippen LogP contribution in [0.2, 0.25) is 0 Å². The SMILES string of the molecule is CC1CC(=O)N(CC(=O)c2ccco2)C(=O)C1. The van der Waals surface area contributed by atoms with E-state index in [1.165, 1.54) is 12.3 Å². The van der Waals surface area contributed by atoms with E-state index in [4.69, 9.17) is 4.42 Å². The van der Waals surface area contributed by atoms with E-state index in [-0.39, 0.29) is 35.8 Å². The normalized spacial score (nSPS) is 17.6. The lowest BCUT2D eigenvalue weighted by Crippen LogP contribution is -2.45. The monoisotopic (exact) mass is 235 g/mol. The first kappa shape index (κ1) is 11.6. The molecule has 0 spiro atoms. The molecule has 1 aromatic rings. The van der Waals surface area contributed by atoms with Crippen molar-refractivity contribution in [3.05, 3.63) is 24.2 Å². The molecule has 5 nitrogen and oxygen atoms in total. The fraction of sp³-hybridized carbons (Fsp3) is 0.417. The summed E-state index contributed by atoms with van der Waals surface area (Å²) in [6.45, 7) is 1.62. The minimum Gasteiger partial charge on any atom is -0.461 e. The number of hydrogen-bond donors (Lipinski definition) is 0. The second-order valence-electron chi connectivity index (χ2n) is 4.29. The van der Waals surface area contributed by atoms with Gasteiger partial charge in [-0.15, -0.1) is 0 Å². The van der Waals surface area contributed by atoms with Crippen LogP contribution in [0.5, 0.6) is 0 Å².